The van der Waals surface area contributed by atoms with Gasteiger partial charge in [-0.2, -0.15) is 0 Å². The molecule has 2 rings (SSSR count). The summed E-state index contributed by atoms with van der Waals surface area (Å²) < 4.78 is 16.4. The smallest absolute Gasteiger partial charge is 0.270 e. The summed E-state index contributed by atoms with van der Waals surface area (Å²) in [4.78, 5) is 18.4. The van der Waals surface area contributed by atoms with E-state index in [1.807, 2.05) is 25.1 Å². The molecule has 0 bridgehead atoms. The third-order valence-electron chi connectivity index (χ3n) is 3.35. The van der Waals surface area contributed by atoms with Crippen molar-refractivity contribution in [1.82, 2.24) is 15.2 Å². The molecule has 0 aliphatic carbocycles. The number of benzene rings is 1. The lowest BCUT2D eigenvalue weighted by molar-refractivity contribution is 0.0946. The molecule has 25 heavy (non-hydrogen) atoms. The molecule has 8 heteroatoms. The van der Waals surface area contributed by atoms with Crippen LogP contribution in [0.1, 0.15) is 15.5 Å². The van der Waals surface area contributed by atoms with Crippen molar-refractivity contribution in [2.75, 3.05) is 41.4 Å². The van der Waals surface area contributed by atoms with Crippen molar-refractivity contribution in [2.24, 2.45) is 0 Å². The summed E-state index contributed by atoms with van der Waals surface area (Å²) in [5.74, 6) is 1.49. The van der Waals surface area contributed by atoms with Gasteiger partial charge >= 0.3 is 0 Å². The van der Waals surface area contributed by atoms with Gasteiger partial charge in [-0.05, 0) is 26.2 Å². The highest BCUT2D eigenvalue weighted by Crippen LogP contribution is 2.37. The predicted octanol–water partition coefficient (Wildman–Crippen LogP) is 2.03. The molecule has 2 aromatic rings. The number of methoxy groups -OCH3 is 2. The molecule has 1 aromatic carbocycles. The Bertz CT molecular complexity index is 681. The van der Waals surface area contributed by atoms with E-state index in [4.69, 9.17) is 14.2 Å². The van der Waals surface area contributed by atoms with Gasteiger partial charge < -0.3 is 24.4 Å². The van der Waals surface area contributed by atoms with E-state index in [-0.39, 0.29) is 12.5 Å². The number of carbonyl (C=O) groups is 1. The van der Waals surface area contributed by atoms with E-state index in [1.165, 1.54) is 11.3 Å². The van der Waals surface area contributed by atoms with Gasteiger partial charge in [0.05, 0.1) is 14.2 Å². The molecule has 0 saturated heterocycles. The van der Waals surface area contributed by atoms with Gasteiger partial charge in [0.1, 0.15) is 17.3 Å². The Morgan fingerprint density at radius 3 is 2.52 bits per heavy atom. The maximum Gasteiger partial charge on any atom is 0.270 e. The first-order valence-corrected chi connectivity index (χ1v) is 8.64. The topological polar surface area (TPSA) is 72.9 Å². The fraction of sp³-hybridized carbons (Fsp3) is 0.412. The van der Waals surface area contributed by atoms with Gasteiger partial charge in [0, 0.05) is 18.5 Å². The third kappa shape index (κ3) is 5.33. The summed E-state index contributed by atoms with van der Waals surface area (Å²) in [5.41, 5.74) is 0.398. The first kappa shape index (κ1) is 19.0. The second-order valence-corrected chi connectivity index (χ2v) is 6.41. The summed E-state index contributed by atoms with van der Waals surface area (Å²) in [6.07, 6.45) is 0. The lowest BCUT2D eigenvalue weighted by Gasteiger charge is -2.13. The highest BCUT2D eigenvalue weighted by atomic mass is 32.1. The van der Waals surface area contributed by atoms with E-state index in [9.17, 15) is 4.79 Å². The molecule has 0 fully saturated rings. The summed E-state index contributed by atoms with van der Waals surface area (Å²) in [6.45, 7) is 1.58. The van der Waals surface area contributed by atoms with Gasteiger partial charge in [-0.15, -0.1) is 11.3 Å². The molecule has 0 aliphatic heterocycles. The number of aromatic nitrogens is 1. The van der Waals surface area contributed by atoms with Gasteiger partial charge in [-0.25, -0.2) is 4.98 Å². The van der Waals surface area contributed by atoms with E-state index in [1.54, 1.807) is 31.7 Å². The Labute approximate surface area is 151 Å². The zero-order valence-electron chi connectivity index (χ0n) is 14.9. The maximum absolute atomic E-state index is 12.0. The molecule has 136 valence electrons. The minimum absolute atomic E-state index is 0.181. The normalized spacial score (nSPS) is 10.6. The Hall–Kier alpha value is -2.32. The van der Waals surface area contributed by atoms with Crippen LogP contribution in [-0.4, -0.2) is 57.2 Å². The number of rotatable bonds is 9. The molecule has 0 spiro atoms. The molecule has 1 amide bonds. The van der Waals surface area contributed by atoms with E-state index < -0.39 is 0 Å². The van der Waals surface area contributed by atoms with Crippen LogP contribution in [0.2, 0.25) is 0 Å². The molecular weight excluding hydrogens is 342 g/mol. The lowest BCUT2D eigenvalue weighted by atomic mass is 10.3. The maximum atomic E-state index is 12.0. The monoisotopic (exact) mass is 365 g/mol. The summed E-state index contributed by atoms with van der Waals surface area (Å²) in [6, 6.07) is 5.41. The highest BCUT2D eigenvalue weighted by Gasteiger charge is 2.14. The zero-order chi connectivity index (χ0) is 18.2. The van der Waals surface area contributed by atoms with Gasteiger partial charge in [0.25, 0.3) is 5.91 Å². The van der Waals surface area contributed by atoms with E-state index in [2.05, 4.69) is 10.3 Å². The number of nitrogens with zero attached hydrogens (tertiary/aromatic N) is 2. The second kappa shape index (κ2) is 9.24. The molecule has 0 atom stereocenters. The summed E-state index contributed by atoms with van der Waals surface area (Å²) in [7, 11) is 7.05. The molecule has 1 heterocycles. The minimum Gasteiger partial charge on any atom is -0.493 e. The lowest BCUT2D eigenvalue weighted by Crippen LogP contribution is -2.31. The van der Waals surface area contributed by atoms with Crippen molar-refractivity contribution in [3.05, 3.63) is 34.3 Å². The SMILES string of the molecule is COc1cccc(OC)c1OCc1nc(C(=O)NCCN(C)C)cs1. The van der Waals surface area contributed by atoms with Gasteiger partial charge in [0.2, 0.25) is 5.75 Å². The molecular formula is C17H23N3O4S. The summed E-state index contributed by atoms with van der Waals surface area (Å²) in [5, 5.41) is 5.26. The first-order chi connectivity index (χ1) is 12.0. The number of ether oxygens (including phenoxy) is 3. The Morgan fingerprint density at radius 1 is 1.24 bits per heavy atom. The van der Waals surface area contributed by atoms with E-state index in [0.717, 1.165) is 6.54 Å². The van der Waals surface area contributed by atoms with Crippen molar-refractivity contribution in [3.8, 4) is 17.2 Å². The average Bonchev–Trinajstić information content (AvgIpc) is 3.08. The molecule has 0 saturated carbocycles. The van der Waals surface area contributed by atoms with Crippen molar-refractivity contribution in [3.63, 3.8) is 0 Å². The standard InChI is InChI=1S/C17H23N3O4S/c1-20(2)9-8-18-17(21)12-11-25-15(19-12)10-24-16-13(22-3)6-5-7-14(16)23-4/h5-7,11H,8-10H2,1-4H3,(H,18,21). The van der Waals surface area contributed by atoms with Crippen LogP contribution in [0.15, 0.2) is 23.6 Å². The third-order valence-corrected chi connectivity index (χ3v) is 4.17. The van der Waals surface area contributed by atoms with Crippen LogP contribution in [-0.2, 0) is 6.61 Å². The molecule has 0 aliphatic rings. The average molecular weight is 365 g/mol. The van der Waals surface area contributed by atoms with Gasteiger partial charge in [-0.3, -0.25) is 4.79 Å². The van der Waals surface area contributed by atoms with Crippen molar-refractivity contribution >= 4 is 17.2 Å². The number of nitrogens with one attached hydrogen (secondary N) is 1. The molecule has 1 aromatic heterocycles. The van der Waals surface area contributed by atoms with Gasteiger partial charge in [-0.1, -0.05) is 6.07 Å². The molecule has 0 radical (unpaired) electrons. The fourth-order valence-electron chi connectivity index (χ4n) is 2.06. The molecule has 0 unspecified atom stereocenters. The van der Waals surface area contributed by atoms with E-state index in [0.29, 0.717) is 34.5 Å². The number of hydrogen-bond donors (Lipinski definition) is 1. The fourth-order valence-corrected chi connectivity index (χ4v) is 2.74. The van der Waals surface area contributed by atoms with Crippen molar-refractivity contribution < 1.29 is 19.0 Å². The van der Waals surface area contributed by atoms with Crippen LogP contribution in [0.3, 0.4) is 0 Å². The quantitative estimate of drug-likeness (QED) is 0.733. The Kier molecular flexibility index (Phi) is 7.03. The van der Waals surface area contributed by atoms with Crippen molar-refractivity contribution in [1.29, 1.82) is 0 Å². The van der Waals surface area contributed by atoms with Gasteiger partial charge in [0.15, 0.2) is 11.5 Å². The van der Waals surface area contributed by atoms with Crippen LogP contribution in [0.5, 0.6) is 17.2 Å². The molecule has 1 N–H and O–H groups in total. The van der Waals surface area contributed by atoms with E-state index >= 15 is 0 Å². The predicted molar refractivity (Wildman–Crippen MR) is 96.9 cm³/mol. The summed E-state index contributed by atoms with van der Waals surface area (Å²) >= 11 is 1.37. The second-order valence-electron chi connectivity index (χ2n) is 5.47. The van der Waals surface area contributed by atoms with Crippen LogP contribution in [0.4, 0.5) is 0 Å². The highest BCUT2D eigenvalue weighted by molar-refractivity contribution is 7.09. The van der Waals surface area contributed by atoms with Crippen LogP contribution in [0.25, 0.3) is 0 Å². The number of para-hydroxylation sites is 1. The van der Waals surface area contributed by atoms with Crippen LogP contribution >= 0.6 is 11.3 Å². The Balaban J connectivity index is 1.97. The minimum atomic E-state index is -0.181. The number of carbonyl (C=O) groups excluding carboxylic acids is 1. The zero-order valence-corrected chi connectivity index (χ0v) is 15.7. The number of likely N-dealkylation sites (N-methyl/N-ethyl adjacent to an activating group) is 1. The Morgan fingerprint density at radius 2 is 1.92 bits per heavy atom. The largest absolute Gasteiger partial charge is 0.493 e. The van der Waals surface area contributed by atoms with Crippen molar-refractivity contribution in [2.45, 2.75) is 6.61 Å². The van der Waals surface area contributed by atoms with Crippen LogP contribution < -0.4 is 19.5 Å². The first-order valence-electron chi connectivity index (χ1n) is 7.76. The number of hydrogen-bond acceptors (Lipinski definition) is 7. The number of amides is 1. The number of thiazole rings is 1. The van der Waals surface area contributed by atoms with Crippen LogP contribution in [0, 0.1) is 0 Å². The molecule has 7 nitrogen and oxygen atoms in total.